The van der Waals surface area contributed by atoms with Gasteiger partial charge in [0.1, 0.15) is 11.6 Å². The van der Waals surface area contributed by atoms with Crippen LogP contribution in [0.5, 0.6) is 0 Å². The number of piperidine rings is 1. The number of para-hydroxylation sites is 1. The number of ether oxygens (including phenoxy) is 1. The maximum absolute atomic E-state index is 13.3. The van der Waals surface area contributed by atoms with Crippen molar-refractivity contribution >= 4 is 23.7 Å². The van der Waals surface area contributed by atoms with Gasteiger partial charge in [-0.1, -0.05) is 39.0 Å². The quantitative estimate of drug-likeness (QED) is 0.592. The fraction of sp³-hybridized carbons (Fsp3) is 0.600. The van der Waals surface area contributed by atoms with Gasteiger partial charge in [0.15, 0.2) is 0 Å². The fourth-order valence-corrected chi connectivity index (χ4v) is 4.23. The van der Waals surface area contributed by atoms with E-state index >= 15 is 0 Å². The molecule has 0 saturated carbocycles. The fourth-order valence-electron chi connectivity index (χ4n) is 4.23. The van der Waals surface area contributed by atoms with E-state index < -0.39 is 11.6 Å². The second-order valence-electron chi connectivity index (χ2n) is 10.3. The summed E-state index contributed by atoms with van der Waals surface area (Å²) in [4.78, 5) is 42.0. The van der Waals surface area contributed by atoms with E-state index in [1.807, 2.05) is 51.1 Å². The molecule has 5 amide bonds. The van der Waals surface area contributed by atoms with Crippen LogP contribution in [0.2, 0.25) is 0 Å². The number of rotatable bonds is 5. The van der Waals surface area contributed by atoms with E-state index in [4.69, 9.17) is 4.74 Å². The number of urea groups is 2. The Morgan fingerprint density at radius 3 is 2.20 bits per heavy atom. The van der Waals surface area contributed by atoms with Crippen LogP contribution in [-0.2, 0) is 9.53 Å². The van der Waals surface area contributed by atoms with E-state index in [0.29, 0.717) is 64.3 Å². The van der Waals surface area contributed by atoms with E-state index in [-0.39, 0.29) is 23.4 Å². The van der Waals surface area contributed by atoms with Gasteiger partial charge < -0.3 is 30.5 Å². The van der Waals surface area contributed by atoms with Crippen LogP contribution < -0.4 is 16.0 Å². The number of likely N-dealkylation sites (tertiary alicyclic amines) is 1. The molecule has 1 atom stereocenters. The van der Waals surface area contributed by atoms with Gasteiger partial charge >= 0.3 is 12.1 Å². The minimum atomic E-state index is -1.10. The number of nitriles is 1. The third-order valence-corrected chi connectivity index (χ3v) is 6.23. The van der Waals surface area contributed by atoms with Gasteiger partial charge in [-0.3, -0.25) is 4.79 Å². The van der Waals surface area contributed by atoms with Crippen LogP contribution >= 0.6 is 0 Å². The molecule has 190 valence electrons. The van der Waals surface area contributed by atoms with Crippen molar-refractivity contribution in [3.8, 4) is 6.07 Å². The number of amides is 5. The highest BCUT2D eigenvalue weighted by atomic mass is 16.5. The Morgan fingerprint density at radius 1 is 1.03 bits per heavy atom. The van der Waals surface area contributed by atoms with Gasteiger partial charge in [0.05, 0.1) is 19.3 Å². The number of hydrogen-bond donors (Lipinski definition) is 3. The molecule has 2 aliphatic heterocycles. The van der Waals surface area contributed by atoms with Gasteiger partial charge in [-0.2, -0.15) is 5.26 Å². The average Bonchev–Trinajstić information content (AvgIpc) is 2.84. The summed E-state index contributed by atoms with van der Waals surface area (Å²) in [6.45, 7) is 8.53. The molecule has 0 radical (unpaired) electrons. The lowest BCUT2D eigenvalue weighted by molar-refractivity contribution is -0.125. The van der Waals surface area contributed by atoms with Crippen molar-refractivity contribution in [3.63, 3.8) is 0 Å². The lowest BCUT2D eigenvalue weighted by Crippen LogP contribution is -2.61. The third-order valence-electron chi connectivity index (χ3n) is 6.23. The number of morpholine rings is 1. The topological polar surface area (TPSA) is 127 Å². The molecule has 0 aliphatic carbocycles. The number of carbonyl (C=O) groups is 3. The molecule has 2 heterocycles. The number of nitrogens with zero attached hydrogens (tertiary/aromatic N) is 3. The largest absolute Gasteiger partial charge is 0.378 e. The first kappa shape index (κ1) is 26.3. The van der Waals surface area contributed by atoms with Crippen LogP contribution in [0.3, 0.4) is 0 Å². The Labute approximate surface area is 207 Å². The van der Waals surface area contributed by atoms with Crippen LogP contribution in [0.1, 0.15) is 40.0 Å². The lowest BCUT2D eigenvalue weighted by atomic mass is 9.85. The smallest absolute Gasteiger partial charge is 0.321 e. The first-order valence-corrected chi connectivity index (χ1v) is 12.1. The number of benzene rings is 1. The molecule has 0 aromatic heterocycles. The van der Waals surface area contributed by atoms with Crippen LogP contribution in [0.25, 0.3) is 0 Å². The van der Waals surface area contributed by atoms with Crippen LogP contribution in [0, 0.1) is 16.7 Å². The molecule has 0 spiro atoms. The van der Waals surface area contributed by atoms with Crippen molar-refractivity contribution < 1.29 is 19.1 Å². The summed E-state index contributed by atoms with van der Waals surface area (Å²) in [5, 5.41) is 18.6. The highest BCUT2D eigenvalue weighted by molar-refractivity contribution is 5.90. The van der Waals surface area contributed by atoms with Crippen LogP contribution in [0.4, 0.5) is 15.3 Å². The summed E-state index contributed by atoms with van der Waals surface area (Å²) in [7, 11) is 0. The van der Waals surface area contributed by atoms with Crippen molar-refractivity contribution in [3.05, 3.63) is 30.3 Å². The molecule has 3 rings (SSSR count). The van der Waals surface area contributed by atoms with E-state index in [2.05, 4.69) is 22.0 Å². The molecular weight excluding hydrogens is 448 g/mol. The molecular formula is C25H36N6O4. The normalized spacial score (nSPS) is 18.7. The number of carbonyl (C=O) groups excluding carboxylic acids is 3. The zero-order valence-corrected chi connectivity index (χ0v) is 20.8. The minimum absolute atomic E-state index is 0.223. The molecule has 10 heteroatoms. The molecule has 10 nitrogen and oxygen atoms in total. The zero-order valence-electron chi connectivity index (χ0n) is 20.8. The van der Waals surface area contributed by atoms with Gasteiger partial charge in [-0.15, -0.1) is 0 Å². The molecule has 3 N–H and O–H groups in total. The number of nitrogens with one attached hydrogen (secondary N) is 3. The van der Waals surface area contributed by atoms with E-state index in [9.17, 15) is 19.6 Å². The third kappa shape index (κ3) is 7.59. The second-order valence-corrected chi connectivity index (χ2v) is 10.3. The van der Waals surface area contributed by atoms with Gasteiger partial charge in [-0.25, -0.2) is 9.59 Å². The Bertz CT molecular complexity index is 926. The summed E-state index contributed by atoms with van der Waals surface area (Å²) in [5.41, 5.74) is -0.622. The molecule has 35 heavy (non-hydrogen) atoms. The van der Waals surface area contributed by atoms with Gasteiger partial charge in [0.25, 0.3) is 0 Å². The van der Waals surface area contributed by atoms with Crippen LogP contribution in [-0.4, -0.2) is 78.7 Å². The van der Waals surface area contributed by atoms with Crippen LogP contribution in [0.15, 0.2) is 30.3 Å². The first-order chi connectivity index (χ1) is 16.6. The van der Waals surface area contributed by atoms with Crippen molar-refractivity contribution in [2.75, 3.05) is 44.7 Å². The average molecular weight is 485 g/mol. The Kier molecular flexibility index (Phi) is 8.57. The Hall–Kier alpha value is -3.32. The molecule has 0 bridgehead atoms. The van der Waals surface area contributed by atoms with Crippen molar-refractivity contribution in [1.29, 1.82) is 5.26 Å². The maximum Gasteiger partial charge on any atom is 0.321 e. The maximum atomic E-state index is 13.3. The van der Waals surface area contributed by atoms with Crippen molar-refractivity contribution in [1.82, 2.24) is 20.4 Å². The highest BCUT2D eigenvalue weighted by Gasteiger charge is 2.40. The van der Waals surface area contributed by atoms with Gasteiger partial charge in [-0.05, 0) is 24.0 Å². The predicted octanol–water partition coefficient (Wildman–Crippen LogP) is 2.54. The van der Waals surface area contributed by atoms with E-state index in [0.717, 1.165) is 0 Å². The molecule has 2 saturated heterocycles. The highest BCUT2D eigenvalue weighted by Crippen LogP contribution is 2.25. The lowest BCUT2D eigenvalue weighted by Gasteiger charge is -2.39. The van der Waals surface area contributed by atoms with Gasteiger partial charge in [0.2, 0.25) is 5.91 Å². The summed E-state index contributed by atoms with van der Waals surface area (Å²) in [5.74, 6) is -0.384. The minimum Gasteiger partial charge on any atom is -0.378 e. The Morgan fingerprint density at radius 2 is 1.63 bits per heavy atom. The monoisotopic (exact) mass is 484 g/mol. The number of hydrogen-bond acceptors (Lipinski definition) is 5. The zero-order chi connectivity index (χ0) is 25.5. The summed E-state index contributed by atoms with van der Waals surface area (Å²) in [6.07, 6.45) is 1.02. The van der Waals surface area contributed by atoms with E-state index in [1.165, 1.54) is 0 Å². The SMILES string of the molecule is CC(C)(C)CC(NC(=O)N1CCOCC1)C(=O)NC1(C#N)CCN(C(=O)Nc2ccccc2)CC1. The summed E-state index contributed by atoms with van der Waals surface area (Å²) in [6, 6.07) is 10.1. The molecule has 1 aromatic carbocycles. The summed E-state index contributed by atoms with van der Waals surface area (Å²) < 4.78 is 5.30. The number of anilines is 1. The Balaban J connectivity index is 1.61. The standard InChI is InChI=1S/C25H36N6O4/c1-24(2,3)17-20(28-23(34)31-13-15-35-16-14-31)21(32)29-25(18-26)9-11-30(12-10-25)22(33)27-19-7-5-4-6-8-19/h4-8,20H,9-17H2,1-3H3,(H,27,33)(H,28,34)(H,29,32). The van der Waals surface area contributed by atoms with Crippen molar-refractivity contribution in [2.45, 2.75) is 51.6 Å². The predicted molar refractivity (Wildman–Crippen MR) is 132 cm³/mol. The molecule has 1 unspecified atom stereocenters. The van der Waals surface area contributed by atoms with Crippen molar-refractivity contribution in [2.24, 2.45) is 5.41 Å². The molecule has 2 fully saturated rings. The van der Waals surface area contributed by atoms with E-state index in [1.54, 1.807) is 9.80 Å². The molecule has 2 aliphatic rings. The summed E-state index contributed by atoms with van der Waals surface area (Å²) >= 11 is 0. The first-order valence-electron chi connectivity index (χ1n) is 12.1. The van der Waals surface area contributed by atoms with Gasteiger partial charge in [0, 0.05) is 44.7 Å². The molecule has 1 aromatic rings. The second kappa shape index (κ2) is 11.4.